The third kappa shape index (κ3) is 3.30. The molecule has 2 N–H and O–H groups in total. The number of anilines is 1. The number of carbonyl (C=O) groups excluding carboxylic acids is 1. The Labute approximate surface area is 120 Å². The molecule has 0 unspecified atom stereocenters. The van der Waals surface area contributed by atoms with Gasteiger partial charge in [0, 0.05) is 13.1 Å². The molecule has 20 heavy (non-hydrogen) atoms. The lowest BCUT2D eigenvalue weighted by molar-refractivity contribution is 0.0938. The van der Waals surface area contributed by atoms with Crippen LogP contribution in [0.15, 0.2) is 18.3 Å². The van der Waals surface area contributed by atoms with E-state index >= 15 is 0 Å². The van der Waals surface area contributed by atoms with Gasteiger partial charge in [-0.15, -0.1) is 0 Å². The summed E-state index contributed by atoms with van der Waals surface area (Å²) in [6.07, 6.45) is 7.14. The molecule has 2 aliphatic rings. The molecule has 2 saturated carbocycles. The van der Waals surface area contributed by atoms with E-state index in [0.717, 1.165) is 30.6 Å². The van der Waals surface area contributed by atoms with Crippen LogP contribution in [-0.2, 0) is 0 Å². The summed E-state index contributed by atoms with van der Waals surface area (Å²) in [5.41, 5.74) is 1.47. The van der Waals surface area contributed by atoms with Crippen molar-refractivity contribution in [2.75, 3.05) is 18.4 Å². The SMILES string of the molecule is CCNc1ccc(C(=O)NCC(C2CC2)C2CC2)nc1. The number of aromatic nitrogens is 1. The van der Waals surface area contributed by atoms with Gasteiger partial charge in [-0.05, 0) is 62.5 Å². The van der Waals surface area contributed by atoms with Crippen molar-refractivity contribution in [3.05, 3.63) is 24.0 Å². The molecule has 0 aliphatic heterocycles. The van der Waals surface area contributed by atoms with Gasteiger partial charge in [-0.1, -0.05) is 0 Å². The van der Waals surface area contributed by atoms with E-state index < -0.39 is 0 Å². The summed E-state index contributed by atoms with van der Waals surface area (Å²) in [5.74, 6) is 2.40. The maximum absolute atomic E-state index is 12.1. The summed E-state index contributed by atoms with van der Waals surface area (Å²) >= 11 is 0. The van der Waals surface area contributed by atoms with Gasteiger partial charge in [0.15, 0.2) is 0 Å². The van der Waals surface area contributed by atoms with E-state index in [9.17, 15) is 4.79 Å². The summed E-state index contributed by atoms with van der Waals surface area (Å²) in [5, 5.41) is 6.25. The van der Waals surface area contributed by atoms with Crippen molar-refractivity contribution < 1.29 is 4.79 Å². The van der Waals surface area contributed by atoms with Gasteiger partial charge < -0.3 is 10.6 Å². The minimum absolute atomic E-state index is 0.0423. The number of nitrogens with one attached hydrogen (secondary N) is 2. The standard InChI is InChI=1S/C16H23N3O/c1-2-17-13-7-8-15(18-9-13)16(20)19-10-14(11-3-4-11)12-5-6-12/h7-9,11-12,14,17H,2-6,10H2,1H3,(H,19,20). The molecule has 0 saturated heterocycles. The van der Waals surface area contributed by atoms with Crippen molar-refractivity contribution in [1.82, 2.24) is 10.3 Å². The third-order valence-corrected chi connectivity index (χ3v) is 4.33. The minimum Gasteiger partial charge on any atom is -0.384 e. The highest BCUT2D eigenvalue weighted by Crippen LogP contribution is 2.48. The molecule has 1 amide bonds. The molecule has 2 fully saturated rings. The van der Waals surface area contributed by atoms with Crippen LogP contribution in [-0.4, -0.2) is 24.0 Å². The van der Waals surface area contributed by atoms with Gasteiger partial charge in [0.1, 0.15) is 5.69 Å². The quantitative estimate of drug-likeness (QED) is 0.803. The topological polar surface area (TPSA) is 54.0 Å². The van der Waals surface area contributed by atoms with Crippen LogP contribution < -0.4 is 10.6 Å². The van der Waals surface area contributed by atoms with E-state index in [0.29, 0.717) is 11.6 Å². The molecule has 4 nitrogen and oxygen atoms in total. The second-order valence-electron chi connectivity index (χ2n) is 6.01. The molecule has 3 rings (SSSR count). The van der Waals surface area contributed by atoms with Crippen LogP contribution in [0.25, 0.3) is 0 Å². The fraction of sp³-hybridized carbons (Fsp3) is 0.625. The summed E-state index contributed by atoms with van der Waals surface area (Å²) in [7, 11) is 0. The van der Waals surface area contributed by atoms with E-state index in [1.807, 2.05) is 13.0 Å². The highest BCUT2D eigenvalue weighted by atomic mass is 16.1. The Morgan fingerprint density at radius 2 is 2.00 bits per heavy atom. The Kier molecular flexibility index (Phi) is 3.90. The van der Waals surface area contributed by atoms with Crippen molar-refractivity contribution in [3.63, 3.8) is 0 Å². The second kappa shape index (κ2) is 5.81. The summed E-state index contributed by atoms with van der Waals surface area (Å²) < 4.78 is 0. The zero-order valence-electron chi connectivity index (χ0n) is 12.1. The summed E-state index contributed by atoms with van der Waals surface area (Å²) in [4.78, 5) is 16.3. The summed E-state index contributed by atoms with van der Waals surface area (Å²) in [6, 6.07) is 3.70. The van der Waals surface area contributed by atoms with E-state index in [4.69, 9.17) is 0 Å². The highest BCUT2D eigenvalue weighted by Gasteiger charge is 2.41. The number of amides is 1. The molecule has 0 spiro atoms. The van der Waals surface area contributed by atoms with Crippen LogP contribution in [0.5, 0.6) is 0 Å². The maximum Gasteiger partial charge on any atom is 0.269 e. The Morgan fingerprint density at radius 1 is 1.30 bits per heavy atom. The Hall–Kier alpha value is -1.58. The van der Waals surface area contributed by atoms with Gasteiger partial charge in [-0.3, -0.25) is 4.79 Å². The normalized spacial score (nSPS) is 18.1. The first kappa shape index (κ1) is 13.4. The van der Waals surface area contributed by atoms with E-state index in [1.165, 1.54) is 25.7 Å². The molecule has 0 atom stereocenters. The Bertz CT molecular complexity index is 451. The number of hydrogen-bond acceptors (Lipinski definition) is 3. The number of pyridine rings is 1. The molecule has 2 aliphatic carbocycles. The van der Waals surface area contributed by atoms with Crippen LogP contribution in [0.4, 0.5) is 5.69 Å². The molecule has 0 radical (unpaired) electrons. The lowest BCUT2D eigenvalue weighted by Gasteiger charge is -2.16. The van der Waals surface area contributed by atoms with Gasteiger partial charge >= 0.3 is 0 Å². The van der Waals surface area contributed by atoms with Crippen molar-refractivity contribution in [2.45, 2.75) is 32.6 Å². The van der Waals surface area contributed by atoms with Crippen LogP contribution in [0.1, 0.15) is 43.1 Å². The average Bonchev–Trinajstić information content (AvgIpc) is 3.34. The van der Waals surface area contributed by atoms with Crippen molar-refractivity contribution in [2.24, 2.45) is 17.8 Å². The largest absolute Gasteiger partial charge is 0.384 e. The van der Waals surface area contributed by atoms with Crippen LogP contribution >= 0.6 is 0 Å². The van der Waals surface area contributed by atoms with Gasteiger partial charge in [-0.25, -0.2) is 4.98 Å². The van der Waals surface area contributed by atoms with Crippen molar-refractivity contribution >= 4 is 11.6 Å². The third-order valence-electron chi connectivity index (χ3n) is 4.33. The number of rotatable bonds is 7. The first-order chi connectivity index (χ1) is 9.78. The fourth-order valence-corrected chi connectivity index (χ4v) is 2.90. The molecule has 4 heteroatoms. The fourth-order valence-electron chi connectivity index (χ4n) is 2.90. The lowest BCUT2D eigenvalue weighted by Crippen LogP contribution is -2.31. The van der Waals surface area contributed by atoms with Gasteiger partial charge in [0.2, 0.25) is 0 Å². The first-order valence-electron chi connectivity index (χ1n) is 7.76. The maximum atomic E-state index is 12.1. The molecular formula is C16H23N3O. The van der Waals surface area contributed by atoms with E-state index in [-0.39, 0.29) is 5.91 Å². The molecule has 1 heterocycles. The number of nitrogens with zero attached hydrogens (tertiary/aromatic N) is 1. The highest BCUT2D eigenvalue weighted by molar-refractivity contribution is 5.92. The molecule has 108 valence electrons. The minimum atomic E-state index is -0.0423. The predicted octanol–water partition coefficient (Wildman–Crippen LogP) is 2.68. The first-order valence-corrected chi connectivity index (χ1v) is 7.76. The summed E-state index contributed by atoms with van der Waals surface area (Å²) in [6.45, 7) is 3.72. The number of hydrogen-bond donors (Lipinski definition) is 2. The lowest BCUT2D eigenvalue weighted by atomic mass is 9.98. The average molecular weight is 273 g/mol. The van der Waals surface area contributed by atoms with Crippen LogP contribution in [0, 0.1) is 17.8 Å². The molecule has 0 aromatic carbocycles. The van der Waals surface area contributed by atoms with Crippen LogP contribution in [0.2, 0.25) is 0 Å². The van der Waals surface area contributed by atoms with E-state index in [1.54, 1.807) is 12.3 Å². The zero-order valence-corrected chi connectivity index (χ0v) is 12.1. The zero-order chi connectivity index (χ0) is 13.9. The van der Waals surface area contributed by atoms with Crippen molar-refractivity contribution in [3.8, 4) is 0 Å². The molecule has 0 bridgehead atoms. The predicted molar refractivity (Wildman–Crippen MR) is 79.7 cm³/mol. The second-order valence-corrected chi connectivity index (χ2v) is 6.01. The Balaban J connectivity index is 1.52. The molecular weight excluding hydrogens is 250 g/mol. The van der Waals surface area contributed by atoms with Gasteiger partial charge in [-0.2, -0.15) is 0 Å². The van der Waals surface area contributed by atoms with Crippen LogP contribution in [0.3, 0.4) is 0 Å². The van der Waals surface area contributed by atoms with E-state index in [2.05, 4.69) is 15.6 Å². The van der Waals surface area contributed by atoms with Crippen molar-refractivity contribution in [1.29, 1.82) is 0 Å². The smallest absolute Gasteiger partial charge is 0.269 e. The Morgan fingerprint density at radius 3 is 2.50 bits per heavy atom. The van der Waals surface area contributed by atoms with Gasteiger partial charge in [0.05, 0.1) is 11.9 Å². The number of carbonyl (C=O) groups is 1. The van der Waals surface area contributed by atoms with Gasteiger partial charge in [0.25, 0.3) is 5.91 Å². The molecule has 1 aromatic heterocycles. The molecule has 1 aromatic rings. The monoisotopic (exact) mass is 273 g/mol.